The van der Waals surface area contributed by atoms with Gasteiger partial charge < -0.3 is 5.11 Å². The number of carboxylic acids is 1. The van der Waals surface area contributed by atoms with Crippen LogP contribution in [0.5, 0.6) is 0 Å². The summed E-state index contributed by atoms with van der Waals surface area (Å²) in [6.07, 6.45) is 0.0847. The maximum atomic E-state index is 10.6. The van der Waals surface area contributed by atoms with Crippen LogP contribution in [0.25, 0.3) is 10.8 Å². The summed E-state index contributed by atoms with van der Waals surface area (Å²) in [5, 5.41) is 10.8. The summed E-state index contributed by atoms with van der Waals surface area (Å²) in [7, 11) is 0. The number of fused-ring (bicyclic) bond motifs is 1. The molecule has 0 aliphatic carbocycles. The average Bonchev–Trinajstić information content (AvgIpc) is 2.18. The number of carbonyl (C=O) groups is 1. The van der Waals surface area contributed by atoms with E-state index >= 15 is 0 Å². The van der Waals surface area contributed by atoms with Gasteiger partial charge in [0.1, 0.15) is 0 Å². The molecule has 0 saturated heterocycles. The Kier molecular flexibility index (Phi) is 4.69. The van der Waals surface area contributed by atoms with Crippen LogP contribution in [0.4, 0.5) is 0 Å². The third-order valence-electron chi connectivity index (χ3n) is 2.22. The Hall–Kier alpha value is -0.453. The van der Waals surface area contributed by atoms with E-state index in [4.69, 9.17) is 5.11 Å². The fraction of sp³-hybridized carbons (Fsp3) is 0.0833. The second kappa shape index (κ2) is 5.58. The van der Waals surface area contributed by atoms with Gasteiger partial charge in [-0.2, -0.15) is 0 Å². The predicted octanol–water partition coefficient (Wildman–Crippen LogP) is 2.47. The minimum absolute atomic E-state index is 0. The monoisotopic (exact) mass is 326 g/mol. The molecule has 1 N–H and O–H groups in total. The Morgan fingerprint density at radius 2 is 1.73 bits per heavy atom. The molecule has 3 heteroatoms. The van der Waals surface area contributed by atoms with E-state index in [-0.39, 0.29) is 48.2 Å². The zero-order valence-corrected chi connectivity index (χ0v) is 11.2. The van der Waals surface area contributed by atoms with Crippen molar-refractivity contribution in [3.8, 4) is 0 Å². The van der Waals surface area contributed by atoms with E-state index in [9.17, 15) is 4.79 Å². The number of rotatable bonds is 2. The fourth-order valence-electron chi connectivity index (χ4n) is 1.61. The second-order valence-corrected chi connectivity index (χ2v) is 3.21. The van der Waals surface area contributed by atoms with Crippen molar-refractivity contribution in [2.75, 3.05) is 0 Å². The van der Waals surface area contributed by atoms with E-state index in [0.717, 1.165) is 16.3 Å². The summed E-state index contributed by atoms with van der Waals surface area (Å²) in [6, 6.07) is 13.5. The molecule has 0 heterocycles. The van der Waals surface area contributed by atoms with Crippen molar-refractivity contribution in [1.82, 2.24) is 0 Å². The Bertz CT molecular complexity index is 475. The number of hydrogen-bond donors (Lipinski definition) is 1. The molecule has 0 aromatic heterocycles. The van der Waals surface area contributed by atoms with Crippen LogP contribution in [-0.2, 0) is 11.2 Å². The van der Waals surface area contributed by atoms with E-state index in [1.54, 1.807) is 0 Å². The van der Waals surface area contributed by atoms with Crippen molar-refractivity contribution in [2.45, 2.75) is 6.42 Å². The van der Waals surface area contributed by atoms with Crippen molar-refractivity contribution in [2.24, 2.45) is 0 Å². The second-order valence-electron chi connectivity index (χ2n) is 3.21. The van der Waals surface area contributed by atoms with Crippen molar-refractivity contribution < 1.29 is 51.6 Å². The summed E-state index contributed by atoms with van der Waals surface area (Å²) < 4.78 is 0. The standard InChI is InChI=1S/C12H10O2.Ce/c13-12(14)8-10-6-3-5-9-4-1-2-7-11(9)10;/h1-7H,8H2,(H,13,14);. The molecule has 2 rings (SSSR count). The first-order valence-electron chi connectivity index (χ1n) is 4.46. The van der Waals surface area contributed by atoms with Gasteiger partial charge in [0.2, 0.25) is 0 Å². The quantitative estimate of drug-likeness (QED) is 0.920. The molecule has 0 saturated carbocycles. The maximum Gasteiger partial charge on any atom is 0.307 e. The van der Waals surface area contributed by atoms with Crippen LogP contribution < -0.4 is 0 Å². The van der Waals surface area contributed by atoms with Crippen molar-refractivity contribution in [1.29, 1.82) is 0 Å². The molecular formula is C12H10CeO2. The van der Waals surface area contributed by atoms with Gasteiger partial charge in [0.25, 0.3) is 0 Å². The Morgan fingerprint density at radius 1 is 1.07 bits per heavy atom. The van der Waals surface area contributed by atoms with Gasteiger partial charge in [-0.1, -0.05) is 42.5 Å². The molecule has 0 atom stereocenters. The Balaban J connectivity index is 0.00000112. The normalized spacial score (nSPS) is 9.60. The van der Waals surface area contributed by atoms with E-state index in [0.29, 0.717) is 0 Å². The molecule has 0 aliphatic rings. The molecule has 0 fully saturated rings. The van der Waals surface area contributed by atoms with Gasteiger partial charge in [-0.15, -0.1) is 0 Å². The zero-order valence-electron chi connectivity index (χ0n) is 8.10. The van der Waals surface area contributed by atoms with E-state index in [2.05, 4.69) is 0 Å². The number of benzene rings is 2. The van der Waals surface area contributed by atoms with Gasteiger partial charge in [0.15, 0.2) is 0 Å². The van der Waals surface area contributed by atoms with Crippen LogP contribution in [0.15, 0.2) is 42.5 Å². The molecule has 2 aromatic rings. The molecule has 74 valence electrons. The summed E-state index contributed by atoms with van der Waals surface area (Å²) in [6.45, 7) is 0. The van der Waals surface area contributed by atoms with Crippen LogP contribution >= 0.6 is 0 Å². The van der Waals surface area contributed by atoms with Gasteiger partial charge in [0.05, 0.1) is 6.42 Å². The van der Waals surface area contributed by atoms with E-state index < -0.39 is 5.97 Å². The minimum atomic E-state index is -0.790. The Morgan fingerprint density at radius 3 is 2.47 bits per heavy atom. The molecule has 2 nitrogen and oxygen atoms in total. The van der Waals surface area contributed by atoms with Crippen LogP contribution in [0.3, 0.4) is 0 Å². The number of carboxylic acid groups (broad SMARTS) is 1. The van der Waals surface area contributed by atoms with Gasteiger partial charge in [0, 0.05) is 41.7 Å². The first kappa shape index (κ1) is 12.6. The van der Waals surface area contributed by atoms with Crippen molar-refractivity contribution in [3.05, 3.63) is 48.0 Å². The van der Waals surface area contributed by atoms with Crippen LogP contribution in [-0.4, -0.2) is 11.1 Å². The molecule has 0 radical (unpaired) electrons. The largest absolute Gasteiger partial charge is 0.481 e. The number of hydrogen-bond acceptors (Lipinski definition) is 1. The molecule has 0 bridgehead atoms. The SMILES string of the molecule is O=C(O)Cc1cccc2ccccc12.[Ce]. The van der Waals surface area contributed by atoms with Crippen molar-refractivity contribution in [3.63, 3.8) is 0 Å². The topological polar surface area (TPSA) is 37.3 Å². The fourth-order valence-corrected chi connectivity index (χ4v) is 1.61. The first-order chi connectivity index (χ1) is 6.77. The molecule has 0 spiro atoms. The van der Waals surface area contributed by atoms with Crippen LogP contribution in [0.2, 0.25) is 0 Å². The van der Waals surface area contributed by atoms with Crippen molar-refractivity contribution >= 4 is 16.7 Å². The van der Waals surface area contributed by atoms with E-state index in [1.807, 2.05) is 42.5 Å². The van der Waals surface area contributed by atoms with Crippen LogP contribution in [0.1, 0.15) is 5.56 Å². The summed E-state index contributed by atoms with van der Waals surface area (Å²) >= 11 is 0. The van der Waals surface area contributed by atoms with E-state index in [1.165, 1.54) is 0 Å². The molecule has 2 aromatic carbocycles. The zero-order chi connectivity index (χ0) is 9.97. The van der Waals surface area contributed by atoms with Gasteiger partial charge in [-0.05, 0) is 16.3 Å². The molecular weight excluding hydrogens is 316 g/mol. The third kappa shape index (κ3) is 3.00. The number of aliphatic carboxylic acids is 1. The van der Waals surface area contributed by atoms with Gasteiger partial charge in [-0.3, -0.25) is 4.79 Å². The summed E-state index contributed by atoms with van der Waals surface area (Å²) in [4.78, 5) is 10.6. The molecule has 0 amide bonds. The maximum absolute atomic E-state index is 10.6. The molecule has 0 aliphatic heterocycles. The molecule has 15 heavy (non-hydrogen) atoms. The predicted molar refractivity (Wildman–Crippen MR) is 55.3 cm³/mol. The average molecular weight is 326 g/mol. The third-order valence-corrected chi connectivity index (χ3v) is 2.22. The summed E-state index contributed by atoms with van der Waals surface area (Å²) in [5.74, 6) is -0.790. The minimum Gasteiger partial charge on any atom is -0.481 e. The molecule has 0 unspecified atom stereocenters. The first-order valence-corrected chi connectivity index (χ1v) is 4.46. The van der Waals surface area contributed by atoms with Crippen LogP contribution in [0, 0.1) is 41.7 Å². The smallest absolute Gasteiger partial charge is 0.307 e. The summed E-state index contributed by atoms with van der Waals surface area (Å²) in [5.41, 5.74) is 0.871. The van der Waals surface area contributed by atoms with Gasteiger partial charge in [-0.25, -0.2) is 0 Å². The Labute approximate surface area is 122 Å². The van der Waals surface area contributed by atoms with Gasteiger partial charge >= 0.3 is 5.97 Å².